The second kappa shape index (κ2) is 14.4. The molecule has 5 rings (SSSR count). The van der Waals surface area contributed by atoms with Crippen molar-refractivity contribution in [2.24, 2.45) is 0 Å². The van der Waals surface area contributed by atoms with Crippen LogP contribution in [0.3, 0.4) is 0 Å². The fourth-order valence-corrected chi connectivity index (χ4v) is 6.01. The van der Waals surface area contributed by atoms with Gasteiger partial charge >= 0.3 is 6.09 Å². The first-order valence-corrected chi connectivity index (χ1v) is 16.4. The van der Waals surface area contributed by atoms with E-state index in [2.05, 4.69) is 31.9 Å². The second-order valence-electron chi connectivity index (χ2n) is 12.5. The van der Waals surface area contributed by atoms with Gasteiger partial charge in [0.05, 0.1) is 22.5 Å². The van der Waals surface area contributed by atoms with Gasteiger partial charge in [0.25, 0.3) is 11.8 Å². The molecule has 2 aliphatic rings. The van der Waals surface area contributed by atoms with Crippen LogP contribution in [0, 0.1) is 0 Å². The van der Waals surface area contributed by atoms with E-state index in [1.165, 1.54) is 9.80 Å². The average molecular weight is 705 g/mol. The fraction of sp³-hybridized carbons (Fsp3) is 0.343. The van der Waals surface area contributed by atoms with E-state index < -0.39 is 35.6 Å². The van der Waals surface area contributed by atoms with Gasteiger partial charge in [-0.3, -0.25) is 24.1 Å². The van der Waals surface area contributed by atoms with Gasteiger partial charge in [0.1, 0.15) is 17.7 Å². The molecule has 0 bridgehead atoms. The molecule has 2 aliphatic heterocycles. The number of anilines is 3. The lowest BCUT2D eigenvalue weighted by atomic mass is 10.1. The van der Waals surface area contributed by atoms with Crippen LogP contribution < -0.4 is 16.0 Å². The molecule has 0 spiro atoms. The summed E-state index contributed by atoms with van der Waals surface area (Å²) >= 11 is 3.38. The first-order chi connectivity index (χ1) is 22.4. The first-order valence-electron chi connectivity index (χ1n) is 15.6. The molecule has 0 radical (unpaired) electrons. The highest BCUT2D eigenvalue weighted by atomic mass is 79.9. The Morgan fingerprint density at radius 2 is 1.23 bits per heavy atom. The number of carbonyl (C=O) groups excluding carboxylic acids is 5. The van der Waals surface area contributed by atoms with E-state index in [9.17, 15) is 24.0 Å². The van der Waals surface area contributed by atoms with Crippen LogP contribution in [0.15, 0.2) is 77.3 Å². The number of halogens is 1. The molecule has 11 nitrogen and oxygen atoms in total. The van der Waals surface area contributed by atoms with Gasteiger partial charge < -0.3 is 25.6 Å². The molecule has 3 aromatic rings. The van der Waals surface area contributed by atoms with Crippen molar-refractivity contribution in [3.8, 4) is 0 Å². The van der Waals surface area contributed by atoms with Crippen LogP contribution in [0.2, 0.25) is 0 Å². The monoisotopic (exact) mass is 703 g/mol. The van der Waals surface area contributed by atoms with Crippen LogP contribution >= 0.6 is 15.9 Å². The van der Waals surface area contributed by atoms with Gasteiger partial charge in [0.2, 0.25) is 11.8 Å². The number of carbonyl (C=O) groups is 5. The number of hydrogen-bond donors (Lipinski definition) is 3. The maximum absolute atomic E-state index is 13.8. The molecule has 0 saturated carbocycles. The van der Waals surface area contributed by atoms with Gasteiger partial charge in [0, 0.05) is 23.2 Å². The zero-order valence-electron chi connectivity index (χ0n) is 26.5. The molecular weight excluding hydrogens is 666 g/mol. The van der Waals surface area contributed by atoms with Crippen LogP contribution in [0.25, 0.3) is 0 Å². The number of rotatable bonds is 7. The van der Waals surface area contributed by atoms with Crippen LogP contribution in [0.1, 0.15) is 67.2 Å². The van der Waals surface area contributed by atoms with Crippen molar-refractivity contribution in [3.63, 3.8) is 0 Å². The molecule has 0 aromatic heterocycles. The molecule has 2 saturated heterocycles. The maximum atomic E-state index is 13.8. The number of benzene rings is 3. The Bertz CT molecular complexity index is 1670. The summed E-state index contributed by atoms with van der Waals surface area (Å²) < 4.78 is 6.37. The largest absolute Gasteiger partial charge is 0.444 e. The highest BCUT2D eigenvalue weighted by molar-refractivity contribution is 9.10. The highest BCUT2D eigenvalue weighted by Gasteiger charge is 2.38. The lowest BCUT2D eigenvalue weighted by Gasteiger charge is -2.28. The van der Waals surface area contributed by atoms with Gasteiger partial charge in [-0.25, -0.2) is 4.79 Å². The van der Waals surface area contributed by atoms with E-state index in [0.717, 1.165) is 4.47 Å². The molecular formula is C35H38BrN5O6. The smallest absolute Gasteiger partial charge is 0.410 e. The molecule has 12 heteroatoms. The normalized spacial score (nSPS) is 17.6. The van der Waals surface area contributed by atoms with Gasteiger partial charge in [0.15, 0.2) is 0 Å². The Balaban J connectivity index is 1.29. The zero-order valence-corrected chi connectivity index (χ0v) is 28.1. The highest BCUT2D eigenvalue weighted by Crippen LogP contribution is 2.28. The van der Waals surface area contributed by atoms with E-state index in [4.69, 9.17) is 4.74 Å². The number of ether oxygens (including phenoxy) is 1. The van der Waals surface area contributed by atoms with Gasteiger partial charge in [-0.2, -0.15) is 0 Å². The van der Waals surface area contributed by atoms with Crippen molar-refractivity contribution in [3.05, 3.63) is 88.4 Å². The van der Waals surface area contributed by atoms with Crippen LogP contribution in [-0.2, 0) is 14.3 Å². The minimum atomic E-state index is -0.742. The summed E-state index contributed by atoms with van der Waals surface area (Å²) in [6.07, 6.45) is 1.73. The molecule has 3 N–H and O–H groups in total. The van der Waals surface area contributed by atoms with Crippen molar-refractivity contribution in [2.45, 2.75) is 64.1 Å². The number of amides is 5. The quantitative estimate of drug-likeness (QED) is 0.265. The molecule has 0 unspecified atom stereocenters. The van der Waals surface area contributed by atoms with E-state index in [0.29, 0.717) is 44.5 Å². The Kier molecular flexibility index (Phi) is 10.3. The molecule has 47 heavy (non-hydrogen) atoms. The van der Waals surface area contributed by atoms with Crippen molar-refractivity contribution in [1.82, 2.24) is 9.80 Å². The number of likely N-dealkylation sites (tertiary alicyclic amines) is 2. The Hall–Kier alpha value is -4.71. The summed E-state index contributed by atoms with van der Waals surface area (Å²) in [5, 5.41) is 8.54. The molecule has 2 heterocycles. The summed E-state index contributed by atoms with van der Waals surface area (Å²) in [6.45, 7) is 6.09. The molecule has 3 aromatic carbocycles. The number of nitrogens with one attached hydrogen (secondary N) is 3. The molecule has 0 aliphatic carbocycles. The molecule has 2 fully saturated rings. The summed E-state index contributed by atoms with van der Waals surface area (Å²) in [5.41, 5.74) is 0.878. The van der Waals surface area contributed by atoms with Crippen molar-refractivity contribution in [1.29, 1.82) is 0 Å². The van der Waals surface area contributed by atoms with E-state index in [1.54, 1.807) is 81.4 Å². The van der Waals surface area contributed by atoms with E-state index in [-0.39, 0.29) is 34.3 Å². The summed E-state index contributed by atoms with van der Waals surface area (Å²) in [7, 11) is 0. The van der Waals surface area contributed by atoms with Gasteiger partial charge in [-0.05, 0) is 95.0 Å². The summed E-state index contributed by atoms with van der Waals surface area (Å²) in [4.78, 5) is 69.7. The maximum Gasteiger partial charge on any atom is 0.410 e. The van der Waals surface area contributed by atoms with Crippen molar-refractivity contribution >= 4 is 62.7 Å². The molecule has 5 amide bonds. The number of hydrogen-bond acceptors (Lipinski definition) is 6. The second-order valence-corrected chi connectivity index (χ2v) is 13.4. The minimum absolute atomic E-state index is 0.179. The van der Waals surface area contributed by atoms with Crippen molar-refractivity contribution < 1.29 is 28.7 Å². The number of para-hydroxylation sites is 2. The fourth-order valence-electron chi connectivity index (χ4n) is 5.75. The third-order valence-corrected chi connectivity index (χ3v) is 8.48. The van der Waals surface area contributed by atoms with E-state index in [1.807, 2.05) is 12.1 Å². The zero-order chi connectivity index (χ0) is 33.7. The Morgan fingerprint density at radius 1 is 0.702 bits per heavy atom. The Labute approximate surface area is 282 Å². The van der Waals surface area contributed by atoms with E-state index >= 15 is 0 Å². The SMILES string of the molecule is CC(C)(C)OC(=O)N1CCC[C@H]1C(=O)Nc1ccccc1C(=O)Nc1ccccc1C(=O)N1CCC[C@@H]1C(=O)Nc1ccc(Br)cc1. The average Bonchev–Trinajstić information content (AvgIpc) is 3.73. The van der Waals surface area contributed by atoms with Crippen LogP contribution in [-0.4, -0.2) is 70.3 Å². The predicted octanol–water partition coefficient (Wildman–Crippen LogP) is 6.28. The first kappa shape index (κ1) is 33.6. The molecule has 2 atom stereocenters. The third kappa shape index (κ3) is 8.18. The van der Waals surface area contributed by atoms with Gasteiger partial charge in [-0.15, -0.1) is 0 Å². The summed E-state index contributed by atoms with van der Waals surface area (Å²) in [5.74, 6) is -1.62. The Morgan fingerprint density at radius 3 is 1.87 bits per heavy atom. The lowest BCUT2D eigenvalue weighted by molar-refractivity contribution is -0.120. The topological polar surface area (TPSA) is 137 Å². The summed E-state index contributed by atoms with van der Waals surface area (Å²) in [6, 6.07) is 19.0. The van der Waals surface area contributed by atoms with Crippen LogP contribution in [0.5, 0.6) is 0 Å². The van der Waals surface area contributed by atoms with Gasteiger partial charge in [-0.1, -0.05) is 40.2 Å². The third-order valence-electron chi connectivity index (χ3n) is 7.95. The van der Waals surface area contributed by atoms with Crippen LogP contribution in [0.4, 0.5) is 21.9 Å². The standard InChI is InChI=1S/C35H38BrN5O6/c1-35(2,3)47-34(46)41-21-9-15-29(41)32(44)39-26-12-6-4-10-24(26)30(42)38-27-13-7-5-11-25(27)33(45)40-20-8-14-28(40)31(43)37-23-18-16-22(36)17-19-23/h4-7,10-13,16-19,28-29H,8-9,14-15,20-21H2,1-3H3,(H,37,43)(H,38,42)(H,39,44)/t28-,29+/m1/s1. The lowest BCUT2D eigenvalue weighted by Crippen LogP contribution is -2.45. The van der Waals surface area contributed by atoms with Crippen molar-refractivity contribution in [2.75, 3.05) is 29.0 Å². The predicted molar refractivity (Wildman–Crippen MR) is 182 cm³/mol. The minimum Gasteiger partial charge on any atom is -0.444 e. The number of nitrogens with zero attached hydrogens (tertiary/aromatic N) is 2. The molecule has 246 valence electrons.